The summed E-state index contributed by atoms with van der Waals surface area (Å²) in [6, 6.07) is 9.44. The van der Waals surface area contributed by atoms with Gasteiger partial charge in [-0.25, -0.2) is 0 Å². The van der Waals surface area contributed by atoms with Crippen LogP contribution in [0.3, 0.4) is 0 Å². The zero-order chi connectivity index (χ0) is 14.3. The second-order valence-corrected chi connectivity index (χ2v) is 7.11. The lowest BCUT2D eigenvalue weighted by Gasteiger charge is -2.22. The van der Waals surface area contributed by atoms with Gasteiger partial charge < -0.3 is 5.32 Å². The molecule has 2 heteroatoms. The van der Waals surface area contributed by atoms with E-state index in [1.807, 2.05) is 0 Å². The molecule has 0 bridgehead atoms. The molecule has 1 N–H and O–H groups in total. The third-order valence-electron chi connectivity index (χ3n) is 3.59. The Bertz CT molecular complexity index is 345. The third kappa shape index (κ3) is 6.01. The normalized spacial score (nSPS) is 14.6. The quantitative estimate of drug-likeness (QED) is 0.732. The molecule has 0 aliphatic rings. The van der Waals surface area contributed by atoms with E-state index in [2.05, 4.69) is 76.0 Å². The Morgan fingerprint density at radius 3 is 2.26 bits per heavy atom. The molecule has 0 aliphatic carbocycles. The molecular weight excluding hydrogens is 250 g/mol. The summed E-state index contributed by atoms with van der Waals surface area (Å²) in [5.74, 6) is 1.90. The molecule has 0 spiro atoms. The van der Waals surface area contributed by atoms with Crippen molar-refractivity contribution in [3.05, 3.63) is 35.4 Å². The fourth-order valence-corrected chi connectivity index (χ4v) is 3.02. The number of rotatable bonds is 8. The van der Waals surface area contributed by atoms with Gasteiger partial charge in [-0.3, -0.25) is 0 Å². The summed E-state index contributed by atoms with van der Waals surface area (Å²) in [5.41, 5.74) is 2.75. The van der Waals surface area contributed by atoms with E-state index >= 15 is 0 Å². The maximum Gasteiger partial charge on any atom is 0.0411 e. The van der Waals surface area contributed by atoms with Crippen LogP contribution in [0.4, 0.5) is 0 Å². The van der Waals surface area contributed by atoms with Crippen molar-refractivity contribution in [2.24, 2.45) is 5.92 Å². The van der Waals surface area contributed by atoms with Crippen molar-refractivity contribution in [1.82, 2.24) is 5.32 Å². The van der Waals surface area contributed by atoms with E-state index in [9.17, 15) is 0 Å². The number of hydrogen-bond donors (Lipinski definition) is 1. The average molecular weight is 279 g/mol. The van der Waals surface area contributed by atoms with Crippen molar-refractivity contribution in [2.45, 2.75) is 52.3 Å². The van der Waals surface area contributed by atoms with Crippen molar-refractivity contribution in [2.75, 3.05) is 12.3 Å². The van der Waals surface area contributed by atoms with Crippen molar-refractivity contribution >= 4 is 11.8 Å². The highest BCUT2D eigenvalue weighted by Crippen LogP contribution is 2.25. The lowest BCUT2D eigenvalue weighted by Crippen LogP contribution is -2.25. The van der Waals surface area contributed by atoms with Crippen LogP contribution in [0, 0.1) is 12.8 Å². The zero-order valence-corrected chi connectivity index (χ0v) is 13.9. The van der Waals surface area contributed by atoms with Gasteiger partial charge in [0, 0.05) is 17.0 Å². The minimum absolute atomic E-state index is 0.478. The first-order chi connectivity index (χ1) is 9.04. The highest BCUT2D eigenvalue weighted by atomic mass is 32.2. The highest BCUT2D eigenvalue weighted by Gasteiger charge is 2.14. The Hall–Kier alpha value is -0.470. The molecular formula is C17H29NS. The van der Waals surface area contributed by atoms with Gasteiger partial charge in [-0.05, 0) is 31.4 Å². The predicted octanol–water partition coefficient (Wildman–Crippen LogP) is 4.81. The number of thioether (sulfide) groups is 1. The monoisotopic (exact) mass is 279 g/mol. The molecule has 1 aromatic rings. The SMILES string of the molecule is CCCNC(CSC(C)C(C)C)c1ccc(C)cc1. The van der Waals surface area contributed by atoms with Crippen LogP contribution < -0.4 is 5.32 Å². The van der Waals surface area contributed by atoms with Crippen molar-refractivity contribution in [3.8, 4) is 0 Å². The molecule has 0 heterocycles. The van der Waals surface area contributed by atoms with E-state index in [0.717, 1.165) is 23.5 Å². The van der Waals surface area contributed by atoms with E-state index in [1.54, 1.807) is 0 Å². The Balaban J connectivity index is 2.63. The Morgan fingerprint density at radius 2 is 1.74 bits per heavy atom. The van der Waals surface area contributed by atoms with Gasteiger partial charge in [-0.2, -0.15) is 11.8 Å². The second kappa shape index (κ2) is 8.65. The van der Waals surface area contributed by atoms with E-state index in [1.165, 1.54) is 17.5 Å². The van der Waals surface area contributed by atoms with Crippen LogP contribution in [0.2, 0.25) is 0 Å². The lowest BCUT2D eigenvalue weighted by molar-refractivity contribution is 0.573. The molecule has 0 saturated carbocycles. The maximum absolute atomic E-state index is 3.68. The van der Waals surface area contributed by atoms with E-state index in [-0.39, 0.29) is 0 Å². The molecule has 0 radical (unpaired) electrons. The second-order valence-electron chi connectivity index (χ2n) is 5.70. The molecule has 19 heavy (non-hydrogen) atoms. The zero-order valence-electron chi connectivity index (χ0n) is 13.1. The topological polar surface area (TPSA) is 12.0 Å². The van der Waals surface area contributed by atoms with E-state index in [4.69, 9.17) is 0 Å². The number of aryl methyl sites for hydroxylation is 1. The largest absolute Gasteiger partial charge is 0.309 e. The van der Waals surface area contributed by atoms with E-state index < -0.39 is 0 Å². The van der Waals surface area contributed by atoms with Crippen LogP contribution >= 0.6 is 11.8 Å². The van der Waals surface area contributed by atoms with Crippen LogP contribution in [0.5, 0.6) is 0 Å². The van der Waals surface area contributed by atoms with Gasteiger partial charge in [0.05, 0.1) is 0 Å². The fraction of sp³-hybridized carbons (Fsp3) is 0.647. The van der Waals surface area contributed by atoms with Gasteiger partial charge in [0.15, 0.2) is 0 Å². The molecule has 0 amide bonds. The Morgan fingerprint density at radius 1 is 1.11 bits per heavy atom. The van der Waals surface area contributed by atoms with Gasteiger partial charge in [-0.15, -0.1) is 0 Å². The van der Waals surface area contributed by atoms with Crippen LogP contribution in [0.1, 0.15) is 51.3 Å². The van der Waals surface area contributed by atoms with Gasteiger partial charge in [-0.1, -0.05) is 57.5 Å². The molecule has 0 saturated heterocycles. The maximum atomic E-state index is 3.68. The Kier molecular flexibility index (Phi) is 7.55. The summed E-state index contributed by atoms with van der Waals surface area (Å²) in [7, 11) is 0. The minimum atomic E-state index is 0.478. The summed E-state index contributed by atoms with van der Waals surface area (Å²) in [6.07, 6.45) is 1.19. The molecule has 1 rings (SSSR count). The summed E-state index contributed by atoms with van der Waals surface area (Å²) in [6.45, 7) is 12.4. The van der Waals surface area contributed by atoms with Crippen molar-refractivity contribution in [1.29, 1.82) is 0 Å². The number of nitrogens with one attached hydrogen (secondary N) is 1. The first-order valence-electron chi connectivity index (χ1n) is 7.46. The first-order valence-corrected chi connectivity index (χ1v) is 8.51. The van der Waals surface area contributed by atoms with Crippen molar-refractivity contribution in [3.63, 3.8) is 0 Å². The molecule has 2 unspecified atom stereocenters. The highest BCUT2D eigenvalue weighted by molar-refractivity contribution is 7.99. The van der Waals surface area contributed by atoms with Gasteiger partial charge in [0.2, 0.25) is 0 Å². The summed E-state index contributed by atoms with van der Waals surface area (Å²) >= 11 is 2.08. The summed E-state index contributed by atoms with van der Waals surface area (Å²) in [4.78, 5) is 0. The van der Waals surface area contributed by atoms with Crippen LogP contribution in [-0.4, -0.2) is 17.5 Å². The van der Waals surface area contributed by atoms with Crippen LogP contribution in [-0.2, 0) is 0 Å². The Labute approximate surface area is 123 Å². The van der Waals surface area contributed by atoms with E-state index in [0.29, 0.717) is 6.04 Å². The summed E-state index contributed by atoms with van der Waals surface area (Å²) < 4.78 is 0. The van der Waals surface area contributed by atoms with Gasteiger partial charge >= 0.3 is 0 Å². The summed E-state index contributed by atoms with van der Waals surface area (Å²) in [5, 5.41) is 4.40. The average Bonchev–Trinajstić information content (AvgIpc) is 2.39. The van der Waals surface area contributed by atoms with Crippen molar-refractivity contribution < 1.29 is 0 Å². The molecule has 0 aliphatic heterocycles. The van der Waals surface area contributed by atoms with Crippen LogP contribution in [0.15, 0.2) is 24.3 Å². The molecule has 2 atom stereocenters. The third-order valence-corrected chi connectivity index (χ3v) is 5.18. The molecule has 0 fully saturated rings. The number of benzene rings is 1. The molecule has 0 aromatic heterocycles. The smallest absolute Gasteiger partial charge is 0.0411 e. The fourth-order valence-electron chi connectivity index (χ4n) is 1.83. The molecule has 1 nitrogen and oxygen atoms in total. The van der Waals surface area contributed by atoms with Gasteiger partial charge in [0.1, 0.15) is 0 Å². The molecule has 108 valence electrons. The standard InChI is InChI=1S/C17H29NS/c1-6-11-18-17(12-19-15(5)13(2)3)16-9-7-14(4)8-10-16/h7-10,13,15,17-18H,6,11-12H2,1-5H3. The van der Waals surface area contributed by atoms with Crippen LogP contribution in [0.25, 0.3) is 0 Å². The van der Waals surface area contributed by atoms with Gasteiger partial charge in [0.25, 0.3) is 0 Å². The first kappa shape index (κ1) is 16.6. The number of hydrogen-bond acceptors (Lipinski definition) is 2. The molecule has 1 aromatic carbocycles. The lowest BCUT2D eigenvalue weighted by atomic mass is 10.1. The minimum Gasteiger partial charge on any atom is -0.309 e. The predicted molar refractivity (Wildman–Crippen MR) is 89.0 cm³/mol.